The number of allylic oxidation sites excluding steroid dienone is 2. The molecule has 61 heavy (non-hydrogen) atoms. The Balaban J connectivity index is 0.888. The molecule has 2 unspecified atom stereocenters. The van der Waals surface area contributed by atoms with Crippen LogP contribution in [0.4, 0.5) is 17.1 Å². The van der Waals surface area contributed by atoms with E-state index in [-0.39, 0.29) is 12.0 Å². The van der Waals surface area contributed by atoms with E-state index in [0.717, 1.165) is 28.5 Å². The first-order valence-electron chi connectivity index (χ1n) is 21.1. The van der Waals surface area contributed by atoms with Crippen LogP contribution in [0.25, 0.3) is 71.6 Å². The predicted molar refractivity (Wildman–Crippen MR) is 255 cm³/mol. The van der Waals surface area contributed by atoms with Crippen LogP contribution in [0.5, 0.6) is 5.75 Å². The van der Waals surface area contributed by atoms with Gasteiger partial charge in [-0.3, -0.25) is 0 Å². The van der Waals surface area contributed by atoms with Crippen LogP contribution in [-0.4, -0.2) is 10.7 Å². The Hall–Kier alpha value is -7.88. The monoisotopic (exact) mass is 780 g/mol. The zero-order valence-corrected chi connectivity index (χ0v) is 33.4. The van der Waals surface area contributed by atoms with Crippen molar-refractivity contribution in [2.75, 3.05) is 4.90 Å². The SMILES string of the molecule is C1=CC2Oc3ccc(-c4ccc(N(c5ccc(-c6ccc(-n7c8ccccc8c8ccccc87)cc6)cc5)c5ccc(-c6cccc7ccccc67)cc5)cc4)cc3C2C=C1. The molecular formula is C58H40N2O. The quantitative estimate of drug-likeness (QED) is 0.160. The van der Waals surface area contributed by atoms with E-state index >= 15 is 0 Å². The third kappa shape index (κ3) is 6.05. The number of benzene rings is 9. The number of hydrogen-bond donors (Lipinski definition) is 0. The molecule has 0 amide bonds. The fourth-order valence-corrected chi connectivity index (χ4v) is 9.55. The number of hydrogen-bond acceptors (Lipinski definition) is 2. The van der Waals surface area contributed by atoms with E-state index in [1.807, 2.05) is 0 Å². The molecule has 1 aliphatic heterocycles. The maximum Gasteiger partial charge on any atom is 0.128 e. The van der Waals surface area contributed by atoms with Crippen molar-refractivity contribution in [1.29, 1.82) is 0 Å². The first-order chi connectivity index (χ1) is 30.2. The van der Waals surface area contributed by atoms with Crippen LogP contribution in [-0.2, 0) is 0 Å². The molecule has 0 spiro atoms. The predicted octanol–water partition coefficient (Wildman–Crippen LogP) is 15.4. The molecule has 0 N–H and O–H groups in total. The summed E-state index contributed by atoms with van der Waals surface area (Å²) in [5.41, 5.74) is 15.3. The van der Waals surface area contributed by atoms with Gasteiger partial charge < -0.3 is 14.2 Å². The number of nitrogens with zero attached hydrogens (tertiary/aromatic N) is 2. The summed E-state index contributed by atoms with van der Waals surface area (Å²) in [4.78, 5) is 2.35. The van der Waals surface area contributed by atoms with Gasteiger partial charge in [-0.1, -0.05) is 152 Å². The van der Waals surface area contributed by atoms with E-state index in [1.165, 1.54) is 71.5 Å². The van der Waals surface area contributed by atoms with Crippen LogP contribution in [0.2, 0.25) is 0 Å². The summed E-state index contributed by atoms with van der Waals surface area (Å²) < 4.78 is 8.61. The topological polar surface area (TPSA) is 17.4 Å². The zero-order valence-electron chi connectivity index (χ0n) is 33.4. The van der Waals surface area contributed by atoms with E-state index in [9.17, 15) is 0 Å². The van der Waals surface area contributed by atoms with Gasteiger partial charge in [0.15, 0.2) is 0 Å². The second-order valence-electron chi connectivity index (χ2n) is 16.0. The molecule has 0 fully saturated rings. The lowest BCUT2D eigenvalue weighted by atomic mass is 9.90. The largest absolute Gasteiger partial charge is 0.485 e. The van der Waals surface area contributed by atoms with E-state index in [1.54, 1.807) is 0 Å². The molecule has 1 aliphatic carbocycles. The fourth-order valence-electron chi connectivity index (χ4n) is 9.55. The molecule has 2 atom stereocenters. The van der Waals surface area contributed by atoms with E-state index in [2.05, 4.69) is 240 Å². The Kier molecular flexibility index (Phi) is 8.31. The minimum Gasteiger partial charge on any atom is -0.485 e. The highest BCUT2D eigenvalue weighted by Gasteiger charge is 2.32. The maximum absolute atomic E-state index is 6.25. The number of rotatable bonds is 7. The molecule has 3 nitrogen and oxygen atoms in total. The van der Waals surface area contributed by atoms with Crippen molar-refractivity contribution in [3.8, 4) is 44.8 Å². The third-order valence-corrected chi connectivity index (χ3v) is 12.6. The maximum atomic E-state index is 6.25. The van der Waals surface area contributed by atoms with Crippen molar-refractivity contribution >= 4 is 49.6 Å². The van der Waals surface area contributed by atoms with Crippen molar-refractivity contribution in [2.45, 2.75) is 12.0 Å². The summed E-state index contributed by atoms with van der Waals surface area (Å²) in [6, 6.07) is 75.0. The highest BCUT2D eigenvalue weighted by atomic mass is 16.5. The van der Waals surface area contributed by atoms with Gasteiger partial charge in [0.25, 0.3) is 0 Å². The molecule has 3 heteroatoms. The van der Waals surface area contributed by atoms with Crippen LogP contribution in [0.1, 0.15) is 11.5 Å². The molecule has 0 bridgehead atoms. The molecule has 0 radical (unpaired) electrons. The molecule has 2 aliphatic rings. The molecule has 0 saturated carbocycles. The molecule has 288 valence electrons. The Morgan fingerprint density at radius 3 is 1.57 bits per heavy atom. The number of para-hydroxylation sites is 2. The smallest absolute Gasteiger partial charge is 0.128 e. The summed E-state index contributed by atoms with van der Waals surface area (Å²) in [6.45, 7) is 0. The first kappa shape index (κ1) is 35.1. The Bertz CT molecular complexity index is 3260. The van der Waals surface area contributed by atoms with Crippen LogP contribution >= 0.6 is 0 Å². The van der Waals surface area contributed by atoms with E-state index < -0.39 is 0 Å². The van der Waals surface area contributed by atoms with Gasteiger partial charge in [0.05, 0.1) is 11.0 Å². The van der Waals surface area contributed by atoms with Gasteiger partial charge in [-0.15, -0.1) is 0 Å². The summed E-state index contributed by atoms with van der Waals surface area (Å²) in [5, 5.41) is 5.04. The Morgan fingerprint density at radius 1 is 0.410 bits per heavy atom. The molecular weight excluding hydrogens is 741 g/mol. The summed E-state index contributed by atoms with van der Waals surface area (Å²) in [5.74, 6) is 1.24. The van der Waals surface area contributed by atoms with Crippen molar-refractivity contribution in [1.82, 2.24) is 4.57 Å². The average Bonchev–Trinajstić information content (AvgIpc) is 3.88. The average molecular weight is 781 g/mol. The molecule has 9 aromatic carbocycles. The first-order valence-corrected chi connectivity index (χ1v) is 21.1. The molecule has 2 heterocycles. The number of fused-ring (bicyclic) bond motifs is 7. The van der Waals surface area contributed by atoms with Crippen LogP contribution in [0.15, 0.2) is 231 Å². The van der Waals surface area contributed by atoms with Gasteiger partial charge in [-0.25, -0.2) is 0 Å². The lowest BCUT2D eigenvalue weighted by molar-refractivity contribution is 0.269. The van der Waals surface area contributed by atoms with Crippen LogP contribution in [0.3, 0.4) is 0 Å². The summed E-state index contributed by atoms with van der Waals surface area (Å²) >= 11 is 0. The van der Waals surface area contributed by atoms with Crippen LogP contribution in [0, 0.1) is 0 Å². The summed E-state index contributed by atoms with van der Waals surface area (Å²) in [7, 11) is 0. The number of aromatic nitrogens is 1. The Morgan fingerprint density at radius 2 is 0.918 bits per heavy atom. The standard InChI is InChI=1S/C58H40N2O/c1-2-12-49-42(10-1)11-9-16-50(49)43-26-35-47(36-27-43)59(46-31-24-41(25-32-46)44-28-37-58-54(38-44)53-15-5-8-19-57(53)61-58)45-29-20-39(21-30-45)40-22-33-48(34-23-40)60-55-17-6-3-13-51(55)52-14-4-7-18-56(52)60/h1-38,53,57H. The van der Waals surface area contributed by atoms with Crippen molar-refractivity contribution in [3.63, 3.8) is 0 Å². The lowest BCUT2D eigenvalue weighted by Crippen LogP contribution is -2.15. The highest BCUT2D eigenvalue weighted by molar-refractivity contribution is 6.09. The lowest BCUT2D eigenvalue weighted by Gasteiger charge is -2.26. The minimum absolute atomic E-state index is 0.0789. The molecule has 0 saturated heterocycles. The highest BCUT2D eigenvalue weighted by Crippen LogP contribution is 2.44. The van der Waals surface area contributed by atoms with E-state index in [0.29, 0.717) is 0 Å². The minimum atomic E-state index is 0.0789. The molecule has 1 aromatic heterocycles. The molecule has 12 rings (SSSR count). The van der Waals surface area contributed by atoms with Crippen molar-refractivity contribution in [3.05, 3.63) is 236 Å². The fraction of sp³-hybridized carbons (Fsp3) is 0.0345. The van der Waals surface area contributed by atoms with Crippen LogP contribution < -0.4 is 9.64 Å². The van der Waals surface area contributed by atoms with Gasteiger partial charge in [0.1, 0.15) is 11.9 Å². The van der Waals surface area contributed by atoms with Crippen molar-refractivity contribution in [2.24, 2.45) is 0 Å². The van der Waals surface area contributed by atoms with Gasteiger partial charge in [-0.05, 0) is 123 Å². The van der Waals surface area contributed by atoms with Crippen molar-refractivity contribution < 1.29 is 4.74 Å². The normalized spacial score (nSPS) is 15.2. The van der Waals surface area contributed by atoms with Gasteiger partial charge in [0, 0.05) is 45.0 Å². The second kappa shape index (κ2) is 14.4. The van der Waals surface area contributed by atoms with Gasteiger partial charge in [0.2, 0.25) is 0 Å². The Labute approximate surface area is 355 Å². The number of ether oxygens (including phenoxy) is 1. The van der Waals surface area contributed by atoms with Gasteiger partial charge in [-0.2, -0.15) is 0 Å². The number of anilines is 3. The second-order valence-corrected chi connectivity index (χ2v) is 16.0. The van der Waals surface area contributed by atoms with E-state index in [4.69, 9.17) is 4.74 Å². The summed E-state index contributed by atoms with van der Waals surface area (Å²) in [6.07, 6.45) is 8.68. The zero-order chi connectivity index (χ0) is 40.3. The third-order valence-electron chi connectivity index (χ3n) is 12.6. The molecule has 10 aromatic rings. The van der Waals surface area contributed by atoms with Gasteiger partial charge >= 0.3 is 0 Å².